The predicted molar refractivity (Wildman–Crippen MR) is 116 cm³/mol. The van der Waals surface area contributed by atoms with Crippen LogP contribution in [-0.4, -0.2) is 29.4 Å². The Hall–Kier alpha value is -3.06. The maximum Gasteiger partial charge on any atom is 0.231 e. The first-order valence-corrected chi connectivity index (χ1v) is 10.5. The molecule has 3 aromatic rings. The van der Waals surface area contributed by atoms with Crippen molar-refractivity contribution in [3.63, 3.8) is 0 Å². The fourth-order valence-corrected chi connectivity index (χ4v) is 3.43. The number of amides is 1. The topological polar surface area (TPSA) is 86.5 Å². The number of fused-ring (bicyclic) bond motifs is 1. The van der Waals surface area contributed by atoms with Crippen molar-refractivity contribution in [2.45, 2.75) is 38.5 Å². The van der Waals surface area contributed by atoms with E-state index in [2.05, 4.69) is 29.3 Å². The number of carbonyl (C=O) groups excluding carboxylic acids is 1. The Balaban J connectivity index is 1.24. The van der Waals surface area contributed by atoms with Gasteiger partial charge >= 0.3 is 0 Å². The number of ether oxygens (including phenoxy) is 2. The summed E-state index contributed by atoms with van der Waals surface area (Å²) in [6.07, 6.45) is 1.55. The van der Waals surface area contributed by atoms with Crippen molar-refractivity contribution in [3.8, 4) is 22.9 Å². The van der Waals surface area contributed by atoms with Gasteiger partial charge in [-0.2, -0.15) is 4.98 Å². The van der Waals surface area contributed by atoms with E-state index in [0.717, 1.165) is 22.6 Å². The van der Waals surface area contributed by atoms with Gasteiger partial charge in [-0.1, -0.05) is 36.7 Å². The molecule has 1 aromatic heterocycles. The van der Waals surface area contributed by atoms with Crippen LogP contribution in [0.15, 0.2) is 47.0 Å². The second kappa shape index (κ2) is 8.98. The number of benzene rings is 2. The molecule has 31 heavy (non-hydrogen) atoms. The minimum absolute atomic E-state index is 0.00809. The van der Waals surface area contributed by atoms with Crippen LogP contribution in [0.4, 0.5) is 0 Å². The van der Waals surface area contributed by atoms with Gasteiger partial charge in [0.1, 0.15) is 0 Å². The summed E-state index contributed by atoms with van der Waals surface area (Å²) in [4.78, 5) is 16.7. The van der Waals surface area contributed by atoms with Gasteiger partial charge in [-0.25, -0.2) is 0 Å². The van der Waals surface area contributed by atoms with Crippen molar-refractivity contribution >= 4 is 17.5 Å². The smallest absolute Gasteiger partial charge is 0.231 e. The highest BCUT2D eigenvalue weighted by molar-refractivity contribution is 6.30. The normalized spacial score (nSPS) is 12.7. The molecule has 0 saturated carbocycles. The average molecular weight is 442 g/mol. The summed E-state index contributed by atoms with van der Waals surface area (Å²) < 4.78 is 16.1. The fraction of sp³-hybridized carbons (Fsp3) is 0.348. The summed E-state index contributed by atoms with van der Waals surface area (Å²) in [6, 6.07) is 13.1. The molecule has 0 spiro atoms. The highest BCUT2D eigenvalue weighted by Gasteiger charge is 2.24. The van der Waals surface area contributed by atoms with E-state index in [1.165, 1.54) is 0 Å². The van der Waals surface area contributed by atoms with Crippen LogP contribution in [0, 0.1) is 0 Å². The van der Waals surface area contributed by atoms with Gasteiger partial charge in [-0.05, 0) is 48.4 Å². The Bertz CT molecular complexity index is 1060. The monoisotopic (exact) mass is 441 g/mol. The van der Waals surface area contributed by atoms with Crippen LogP contribution in [0.2, 0.25) is 5.02 Å². The zero-order valence-electron chi connectivity index (χ0n) is 17.5. The van der Waals surface area contributed by atoms with Gasteiger partial charge in [-0.15, -0.1) is 0 Å². The Kier molecular flexibility index (Phi) is 6.13. The molecule has 8 heteroatoms. The lowest BCUT2D eigenvalue weighted by Crippen LogP contribution is -2.36. The van der Waals surface area contributed by atoms with Gasteiger partial charge in [0.25, 0.3) is 0 Å². The predicted octanol–water partition coefficient (Wildman–Crippen LogP) is 4.54. The Morgan fingerprint density at radius 3 is 2.71 bits per heavy atom. The highest BCUT2D eigenvalue weighted by atomic mass is 35.5. The van der Waals surface area contributed by atoms with Crippen molar-refractivity contribution in [2.75, 3.05) is 13.3 Å². The molecule has 1 aliphatic heterocycles. The molecule has 2 aromatic carbocycles. The Morgan fingerprint density at radius 2 is 1.90 bits per heavy atom. The van der Waals surface area contributed by atoms with E-state index in [4.69, 9.17) is 25.6 Å². The maximum absolute atomic E-state index is 12.3. The second-order valence-corrected chi connectivity index (χ2v) is 8.54. The molecule has 1 aliphatic rings. The molecule has 162 valence electrons. The van der Waals surface area contributed by atoms with Crippen LogP contribution in [-0.2, 0) is 16.6 Å². The number of hydrogen-bond donors (Lipinski definition) is 1. The van der Waals surface area contributed by atoms with Crippen LogP contribution in [0.3, 0.4) is 0 Å². The number of halogens is 1. The van der Waals surface area contributed by atoms with Crippen LogP contribution in [0.25, 0.3) is 11.4 Å². The Labute approximate surface area is 185 Å². The molecule has 2 heterocycles. The lowest BCUT2D eigenvalue weighted by atomic mass is 9.84. The molecule has 1 N–H and O–H groups in total. The number of hydrogen-bond acceptors (Lipinski definition) is 6. The first kappa shape index (κ1) is 21.2. The van der Waals surface area contributed by atoms with Crippen molar-refractivity contribution in [1.82, 2.24) is 15.5 Å². The van der Waals surface area contributed by atoms with E-state index < -0.39 is 0 Å². The van der Waals surface area contributed by atoms with Crippen LogP contribution in [0.5, 0.6) is 11.5 Å². The third-order valence-electron chi connectivity index (χ3n) is 5.25. The number of nitrogens with one attached hydrogen (secondary N) is 1. The molecule has 0 radical (unpaired) electrons. The molecule has 1 amide bonds. The van der Waals surface area contributed by atoms with Gasteiger partial charge in [0.2, 0.25) is 24.4 Å². The molecular weight excluding hydrogens is 418 g/mol. The summed E-state index contributed by atoms with van der Waals surface area (Å²) in [5.74, 6) is 2.52. The lowest BCUT2D eigenvalue weighted by molar-refractivity contribution is -0.121. The molecule has 7 nitrogen and oxygen atoms in total. The third kappa shape index (κ3) is 5.17. The number of aromatic nitrogens is 2. The SMILES string of the molecule is CC(C)(CNC(=O)CCCc1nc(-c2ccc(Cl)cc2)no1)c1ccc2c(c1)OCO2. The van der Waals surface area contributed by atoms with Crippen molar-refractivity contribution in [3.05, 3.63) is 58.9 Å². The summed E-state index contributed by atoms with van der Waals surface area (Å²) in [6.45, 7) is 4.94. The largest absolute Gasteiger partial charge is 0.454 e. The molecule has 0 unspecified atom stereocenters. The van der Waals surface area contributed by atoms with Gasteiger partial charge in [0, 0.05) is 35.4 Å². The molecular formula is C23H24ClN3O4. The van der Waals surface area contributed by atoms with Crippen LogP contribution < -0.4 is 14.8 Å². The van der Waals surface area contributed by atoms with Gasteiger partial charge in [0.15, 0.2) is 11.5 Å². The zero-order chi connectivity index (χ0) is 21.8. The van der Waals surface area contributed by atoms with E-state index in [0.29, 0.717) is 42.5 Å². The van der Waals surface area contributed by atoms with Gasteiger partial charge in [-0.3, -0.25) is 4.79 Å². The zero-order valence-corrected chi connectivity index (χ0v) is 18.2. The number of aryl methyl sites for hydroxylation is 1. The first-order valence-electron chi connectivity index (χ1n) is 10.2. The van der Waals surface area contributed by atoms with E-state index in [-0.39, 0.29) is 18.1 Å². The lowest BCUT2D eigenvalue weighted by Gasteiger charge is -2.26. The van der Waals surface area contributed by atoms with Crippen LogP contribution >= 0.6 is 11.6 Å². The van der Waals surface area contributed by atoms with E-state index in [1.54, 1.807) is 12.1 Å². The molecule has 0 aliphatic carbocycles. The standard InChI is InChI=1S/C23H24ClN3O4/c1-23(2,16-8-11-18-19(12-16)30-14-29-18)13-25-20(28)4-3-5-21-26-22(27-31-21)15-6-9-17(24)10-7-15/h6-12H,3-5,13-14H2,1-2H3,(H,25,28). The van der Waals surface area contributed by atoms with E-state index in [1.807, 2.05) is 30.3 Å². The molecule has 0 saturated heterocycles. The fourth-order valence-electron chi connectivity index (χ4n) is 3.30. The molecule has 4 rings (SSSR count). The number of nitrogens with zero attached hydrogens (tertiary/aromatic N) is 2. The molecule has 0 bridgehead atoms. The summed E-state index contributed by atoms with van der Waals surface area (Å²) in [7, 11) is 0. The highest BCUT2D eigenvalue weighted by Crippen LogP contribution is 2.36. The van der Waals surface area contributed by atoms with Crippen molar-refractivity contribution in [1.29, 1.82) is 0 Å². The van der Waals surface area contributed by atoms with E-state index >= 15 is 0 Å². The second-order valence-electron chi connectivity index (χ2n) is 8.10. The van der Waals surface area contributed by atoms with E-state index in [9.17, 15) is 4.79 Å². The van der Waals surface area contributed by atoms with Crippen molar-refractivity contribution in [2.24, 2.45) is 0 Å². The summed E-state index contributed by atoms with van der Waals surface area (Å²) in [5.41, 5.74) is 1.68. The van der Waals surface area contributed by atoms with Crippen LogP contribution in [0.1, 0.15) is 38.1 Å². The third-order valence-corrected chi connectivity index (χ3v) is 5.50. The quantitative estimate of drug-likeness (QED) is 0.552. The first-order chi connectivity index (χ1) is 14.9. The summed E-state index contributed by atoms with van der Waals surface area (Å²) in [5, 5.41) is 7.67. The number of carbonyl (C=O) groups is 1. The van der Waals surface area contributed by atoms with Crippen molar-refractivity contribution < 1.29 is 18.8 Å². The average Bonchev–Trinajstić information content (AvgIpc) is 3.42. The Morgan fingerprint density at radius 1 is 1.13 bits per heavy atom. The minimum Gasteiger partial charge on any atom is -0.454 e. The molecule has 0 fully saturated rings. The number of rotatable bonds is 8. The molecule has 0 atom stereocenters. The minimum atomic E-state index is -0.239. The maximum atomic E-state index is 12.3. The van der Waals surface area contributed by atoms with Gasteiger partial charge < -0.3 is 19.3 Å². The van der Waals surface area contributed by atoms with Gasteiger partial charge in [0.05, 0.1) is 0 Å². The summed E-state index contributed by atoms with van der Waals surface area (Å²) >= 11 is 5.90.